The highest BCUT2D eigenvalue weighted by molar-refractivity contribution is 7.89. The first-order valence-corrected chi connectivity index (χ1v) is 7.50. The van der Waals surface area contributed by atoms with Crippen molar-refractivity contribution in [2.45, 2.75) is 23.9 Å². The number of alkyl halides is 3. The van der Waals surface area contributed by atoms with E-state index in [0.717, 1.165) is 4.31 Å². The molecule has 0 fully saturated rings. The molecule has 0 aromatic heterocycles. The van der Waals surface area contributed by atoms with Gasteiger partial charge in [0.1, 0.15) is 10.6 Å². The third kappa shape index (κ3) is 4.78. The van der Waals surface area contributed by atoms with E-state index >= 15 is 0 Å². The van der Waals surface area contributed by atoms with E-state index in [0.29, 0.717) is 0 Å². The fraction of sp³-hybridized carbons (Fsp3) is 0.500. The van der Waals surface area contributed by atoms with Crippen molar-refractivity contribution in [1.29, 1.82) is 0 Å². The first kappa shape index (κ1) is 17.6. The predicted molar refractivity (Wildman–Crippen MR) is 72.5 cm³/mol. The van der Waals surface area contributed by atoms with Crippen LogP contribution in [0.4, 0.5) is 18.9 Å². The van der Waals surface area contributed by atoms with Gasteiger partial charge in [0.15, 0.2) is 0 Å². The van der Waals surface area contributed by atoms with Gasteiger partial charge in [-0.3, -0.25) is 0 Å². The van der Waals surface area contributed by atoms with Crippen LogP contribution in [0, 0.1) is 0 Å². The Morgan fingerprint density at radius 2 is 1.90 bits per heavy atom. The quantitative estimate of drug-likeness (QED) is 0.643. The van der Waals surface area contributed by atoms with Gasteiger partial charge in [-0.2, -0.15) is 13.2 Å². The molecular weight excluding hydrogens is 309 g/mol. The van der Waals surface area contributed by atoms with Gasteiger partial charge in [-0.1, -0.05) is 6.07 Å². The second kappa shape index (κ2) is 6.52. The summed E-state index contributed by atoms with van der Waals surface area (Å²) >= 11 is 0. The van der Waals surface area contributed by atoms with Crippen molar-refractivity contribution in [3.63, 3.8) is 0 Å². The standard InChI is InChI=1S/C12H17F3N2O3S/c1-17(2)21(18,19)10-6-3-5-9(11(10)16)20-8-4-7-12(13,14)15/h3,5-6H,4,7-8,16H2,1-2H3. The zero-order chi connectivity index (χ0) is 16.3. The van der Waals surface area contributed by atoms with Crippen LogP contribution in [0.5, 0.6) is 5.75 Å². The summed E-state index contributed by atoms with van der Waals surface area (Å²) in [5, 5.41) is 0. The van der Waals surface area contributed by atoms with Crippen LogP contribution in [0.25, 0.3) is 0 Å². The number of nitrogens with two attached hydrogens (primary N) is 1. The second-order valence-electron chi connectivity index (χ2n) is 4.52. The number of hydrogen-bond donors (Lipinski definition) is 1. The van der Waals surface area contributed by atoms with E-state index in [4.69, 9.17) is 10.5 Å². The summed E-state index contributed by atoms with van der Waals surface area (Å²) in [7, 11) is -1.03. The monoisotopic (exact) mass is 326 g/mol. The number of anilines is 1. The summed E-state index contributed by atoms with van der Waals surface area (Å²) in [6.45, 7) is -0.199. The van der Waals surface area contributed by atoms with Crippen LogP contribution in [0.3, 0.4) is 0 Å². The SMILES string of the molecule is CN(C)S(=O)(=O)c1cccc(OCCCC(F)(F)F)c1N. The molecule has 0 saturated heterocycles. The highest BCUT2D eigenvalue weighted by Gasteiger charge is 2.26. The smallest absolute Gasteiger partial charge is 0.389 e. The number of para-hydroxylation sites is 1. The average molecular weight is 326 g/mol. The van der Waals surface area contributed by atoms with E-state index in [1.807, 2.05) is 0 Å². The summed E-state index contributed by atoms with van der Waals surface area (Å²) in [6.07, 6.45) is -5.44. The molecule has 0 unspecified atom stereocenters. The lowest BCUT2D eigenvalue weighted by Crippen LogP contribution is -2.23. The normalized spacial score (nSPS) is 12.7. The molecule has 1 rings (SSSR count). The van der Waals surface area contributed by atoms with Crippen LogP contribution in [0.1, 0.15) is 12.8 Å². The first-order valence-electron chi connectivity index (χ1n) is 6.06. The van der Waals surface area contributed by atoms with Gasteiger partial charge < -0.3 is 10.5 Å². The molecule has 0 aliphatic carbocycles. The number of benzene rings is 1. The van der Waals surface area contributed by atoms with Crippen molar-refractivity contribution in [2.24, 2.45) is 0 Å². The fourth-order valence-electron chi connectivity index (χ4n) is 1.53. The lowest BCUT2D eigenvalue weighted by atomic mass is 10.3. The van der Waals surface area contributed by atoms with Crippen LogP contribution in [0.2, 0.25) is 0 Å². The van der Waals surface area contributed by atoms with Crippen LogP contribution >= 0.6 is 0 Å². The lowest BCUT2D eigenvalue weighted by molar-refractivity contribution is -0.136. The molecule has 0 amide bonds. The van der Waals surface area contributed by atoms with E-state index in [2.05, 4.69) is 0 Å². The minimum absolute atomic E-state index is 0.0556. The Labute approximate surface area is 121 Å². The Morgan fingerprint density at radius 3 is 2.43 bits per heavy atom. The third-order valence-electron chi connectivity index (χ3n) is 2.65. The fourth-order valence-corrected chi connectivity index (χ4v) is 2.55. The number of ether oxygens (including phenoxy) is 1. The van der Waals surface area contributed by atoms with Crippen LogP contribution in [-0.2, 0) is 10.0 Å². The lowest BCUT2D eigenvalue weighted by Gasteiger charge is -2.16. The molecule has 21 heavy (non-hydrogen) atoms. The molecule has 1 aromatic rings. The minimum atomic E-state index is -4.25. The number of halogens is 3. The zero-order valence-corrected chi connectivity index (χ0v) is 12.5. The van der Waals surface area contributed by atoms with Crippen molar-refractivity contribution >= 4 is 15.7 Å². The maximum absolute atomic E-state index is 12.0. The van der Waals surface area contributed by atoms with Gasteiger partial charge in [0.25, 0.3) is 0 Å². The first-order chi connectivity index (χ1) is 9.55. The van der Waals surface area contributed by atoms with Crippen molar-refractivity contribution in [3.8, 4) is 5.75 Å². The van der Waals surface area contributed by atoms with Gasteiger partial charge in [0.2, 0.25) is 10.0 Å². The molecule has 0 heterocycles. The Hall–Kier alpha value is -1.48. The molecule has 0 spiro atoms. The molecule has 0 saturated carbocycles. The topological polar surface area (TPSA) is 72.6 Å². The van der Waals surface area contributed by atoms with Gasteiger partial charge in [0.05, 0.1) is 12.3 Å². The summed E-state index contributed by atoms with van der Waals surface area (Å²) in [5.74, 6) is 0.0556. The maximum atomic E-state index is 12.0. The second-order valence-corrected chi connectivity index (χ2v) is 6.64. The summed E-state index contributed by atoms with van der Waals surface area (Å²) in [6, 6.07) is 4.15. The summed E-state index contributed by atoms with van der Waals surface area (Å²) in [4.78, 5) is -0.138. The number of hydrogen-bond acceptors (Lipinski definition) is 4. The van der Waals surface area contributed by atoms with Gasteiger partial charge in [-0.15, -0.1) is 0 Å². The Bertz CT molecular complexity index is 586. The Balaban J connectivity index is 2.83. The van der Waals surface area contributed by atoms with Crippen molar-refractivity contribution < 1.29 is 26.3 Å². The van der Waals surface area contributed by atoms with Crippen LogP contribution in [0.15, 0.2) is 23.1 Å². The number of sulfonamides is 1. The molecule has 0 aliphatic heterocycles. The molecule has 0 aliphatic rings. The van der Waals surface area contributed by atoms with E-state index in [-0.39, 0.29) is 29.4 Å². The van der Waals surface area contributed by atoms with Gasteiger partial charge in [-0.25, -0.2) is 12.7 Å². The molecule has 0 bridgehead atoms. The zero-order valence-electron chi connectivity index (χ0n) is 11.6. The third-order valence-corrected chi connectivity index (χ3v) is 4.52. The van der Waals surface area contributed by atoms with Crippen molar-refractivity contribution in [1.82, 2.24) is 4.31 Å². The molecule has 120 valence electrons. The maximum Gasteiger partial charge on any atom is 0.389 e. The van der Waals surface area contributed by atoms with Gasteiger partial charge in [-0.05, 0) is 18.6 Å². The molecule has 0 radical (unpaired) electrons. The number of nitrogens with zero attached hydrogens (tertiary/aromatic N) is 1. The molecule has 5 nitrogen and oxygen atoms in total. The van der Waals surface area contributed by atoms with Crippen molar-refractivity contribution in [3.05, 3.63) is 18.2 Å². The molecule has 1 aromatic carbocycles. The van der Waals surface area contributed by atoms with Crippen LogP contribution < -0.4 is 10.5 Å². The molecule has 2 N–H and O–H groups in total. The Morgan fingerprint density at radius 1 is 1.29 bits per heavy atom. The highest BCUT2D eigenvalue weighted by atomic mass is 32.2. The van der Waals surface area contributed by atoms with Crippen LogP contribution in [-0.4, -0.2) is 39.6 Å². The summed E-state index contributed by atoms with van der Waals surface area (Å²) in [5.41, 5.74) is 5.61. The van der Waals surface area contributed by atoms with Crippen molar-refractivity contribution in [2.75, 3.05) is 26.4 Å². The number of rotatable bonds is 6. The molecular formula is C12H17F3N2O3S. The molecule has 9 heteroatoms. The molecule has 0 atom stereocenters. The Kier molecular flexibility index (Phi) is 5.46. The predicted octanol–water partition coefficient (Wildman–Crippen LogP) is 2.24. The highest BCUT2D eigenvalue weighted by Crippen LogP contribution is 2.30. The summed E-state index contributed by atoms with van der Waals surface area (Å²) < 4.78 is 66.2. The van der Waals surface area contributed by atoms with E-state index in [1.54, 1.807) is 0 Å². The van der Waals surface area contributed by atoms with E-state index < -0.39 is 22.6 Å². The van der Waals surface area contributed by atoms with E-state index in [1.165, 1.54) is 32.3 Å². The van der Waals surface area contributed by atoms with Gasteiger partial charge >= 0.3 is 6.18 Å². The number of nitrogen functional groups attached to an aromatic ring is 1. The largest absolute Gasteiger partial charge is 0.491 e. The van der Waals surface area contributed by atoms with E-state index in [9.17, 15) is 21.6 Å². The average Bonchev–Trinajstić information content (AvgIpc) is 2.34. The van der Waals surface area contributed by atoms with Gasteiger partial charge in [0, 0.05) is 20.5 Å². The minimum Gasteiger partial charge on any atom is -0.491 e.